The number of rotatable bonds is 6. The van der Waals surface area contributed by atoms with Gasteiger partial charge in [0.2, 0.25) is 11.6 Å². The first-order chi connectivity index (χ1) is 36.2. The van der Waals surface area contributed by atoms with Crippen molar-refractivity contribution in [2.24, 2.45) is 0 Å². The quantitative estimate of drug-likeness (QED) is 0.123. The standard InChI is InChI=1S/C60H46N6SSi2/c1-39-20-17-31-50-56(39)61-60-64(47-28-12-13-29-48(47)65(50)60)42-36-40(2)57-51(38-42)66-49-30-14-11-27-46(49)63(59(66)62-57)41-21-18-26-45(37-41)69(43-22-7-5-8-23-43,44-24-9-6-10-25-44)55-35-19-34-54-58(55)67-52-32-15-16-33-53(52)68(54,3)4/h5-38H,1-4H3/i1D3,2D3. The van der Waals surface area contributed by atoms with Crippen LogP contribution in [0.3, 0.4) is 0 Å². The summed E-state index contributed by atoms with van der Waals surface area (Å²) in [7, 11) is -5.32. The number of aromatic nitrogens is 6. The van der Waals surface area contributed by atoms with E-state index in [2.05, 4.69) is 162 Å². The van der Waals surface area contributed by atoms with E-state index < -0.39 is 29.9 Å². The van der Waals surface area contributed by atoms with E-state index in [0.29, 0.717) is 39.3 Å². The number of para-hydroxylation sites is 5. The number of hydrogen-bond acceptors (Lipinski definition) is 3. The zero-order valence-corrected chi connectivity index (χ0v) is 40.5. The second kappa shape index (κ2) is 14.9. The third-order valence-corrected chi connectivity index (χ3v) is 24.7. The number of fused-ring (bicyclic) bond motifs is 12. The topological polar surface area (TPSA) is 44.5 Å². The van der Waals surface area contributed by atoms with Crippen molar-refractivity contribution in [2.45, 2.75) is 36.6 Å². The largest absolute Gasteiger partial charge is 0.278 e. The monoisotopic (exact) mass is 944 g/mol. The van der Waals surface area contributed by atoms with E-state index in [0.717, 1.165) is 27.8 Å². The molecule has 0 fully saturated rings. The molecule has 6 nitrogen and oxygen atoms in total. The van der Waals surface area contributed by atoms with Gasteiger partial charge in [0.05, 0.1) is 49.8 Å². The van der Waals surface area contributed by atoms with E-state index in [1.807, 2.05) is 69.3 Å². The highest BCUT2D eigenvalue weighted by Crippen LogP contribution is 2.37. The predicted octanol–water partition coefficient (Wildman–Crippen LogP) is 10.5. The summed E-state index contributed by atoms with van der Waals surface area (Å²) in [4.78, 5) is 13.1. The normalized spacial score (nSPS) is 15.2. The Morgan fingerprint density at radius 1 is 0.449 bits per heavy atom. The summed E-state index contributed by atoms with van der Waals surface area (Å²) in [6.45, 7) is 0.00348. The summed E-state index contributed by atoms with van der Waals surface area (Å²) in [5, 5.41) is 8.02. The molecule has 5 heterocycles. The number of benzene rings is 9. The second-order valence-corrected chi connectivity index (χ2v) is 27.8. The first kappa shape index (κ1) is 34.6. The van der Waals surface area contributed by atoms with E-state index in [1.54, 1.807) is 18.2 Å². The molecule has 0 saturated carbocycles. The fourth-order valence-corrected chi connectivity index (χ4v) is 22.6. The summed E-state index contributed by atoms with van der Waals surface area (Å²) in [5.74, 6) is 1.04. The molecule has 0 N–H and O–H groups in total. The Bertz CT molecular complexity index is 4440. The molecule has 0 aliphatic carbocycles. The van der Waals surface area contributed by atoms with Crippen LogP contribution in [0.1, 0.15) is 19.4 Å². The highest BCUT2D eigenvalue weighted by molar-refractivity contribution is 8.00. The van der Waals surface area contributed by atoms with E-state index in [4.69, 9.17) is 18.2 Å². The molecule has 69 heavy (non-hydrogen) atoms. The molecule has 1 aliphatic heterocycles. The molecule has 4 aromatic heterocycles. The Kier molecular flexibility index (Phi) is 7.47. The van der Waals surface area contributed by atoms with E-state index in [-0.39, 0.29) is 11.1 Å². The molecule has 0 amide bonds. The van der Waals surface area contributed by atoms with Crippen LogP contribution in [0.4, 0.5) is 0 Å². The number of hydrogen-bond donors (Lipinski definition) is 0. The average molecular weight is 945 g/mol. The highest BCUT2D eigenvalue weighted by atomic mass is 32.2. The number of nitrogens with zero attached hydrogens (tertiary/aromatic N) is 6. The van der Waals surface area contributed by atoms with Crippen molar-refractivity contribution in [3.63, 3.8) is 0 Å². The van der Waals surface area contributed by atoms with Gasteiger partial charge in [0.25, 0.3) is 0 Å². The van der Waals surface area contributed by atoms with Gasteiger partial charge in [0, 0.05) is 23.7 Å². The Morgan fingerprint density at radius 2 is 0.986 bits per heavy atom. The van der Waals surface area contributed by atoms with Crippen LogP contribution in [0.25, 0.3) is 67.1 Å². The zero-order chi connectivity index (χ0) is 51.2. The van der Waals surface area contributed by atoms with Gasteiger partial charge < -0.3 is 0 Å². The fourth-order valence-electron chi connectivity index (χ4n) is 11.5. The summed E-state index contributed by atoms with van der Waals surface area (Å²) in [6, 6.07) is 72.1. The smallest absolute Gasteiger partial charge is 0.220 e. The van der Waals surface area contributed by atoms with Gasteiger partial charge in [-0.15, -0.1) is 0 Å². The van der Waals surface area contributed by atoms with Crippen LogP contribution in [0.15, 0.2) is 216 Å². The van der Waals surface area contributed by atoms with Crippen molar-refractivity contribution in [1.82, 2.24) is 27.9 Å². The summed E-state index contributed by atoms with van der Waals surface area (Å²) in [5.41, 5.74) is 7.08. The minimum atomic E-state index is -3.17. The van der Waals surface area contributed by atoms with Crippen molar-refractivity contribution < 1.29 is 8.22 Å². The van der Waals surface area contributed by atoms with Crippen LogP contribution in [0.5, 0.6) is 0 Å². The molecule has 1 aliphatic rings. The van der Waals surface area contributed by atoms with Gasteiger partial charge in [-0.3, -0.25) is 17.9 Å². The maximum absolute atomic E-state index is 9.06. The Hall–Kier alpha value is -7.70. The lowest BCUT2D eigenvalue weighted by molar-refractivity contribution is 1.10. The fraction of sp³-hybridized carbons (Fsp3) is 0.0667. The molecular weight excluding hydrogens is 893 g/mol. The zero-order valence-electron chi connectivity index (χ0n) is 43.7. The van der Waals surface area contributed by atoms with Crippen LogP contribution in [0.2, 0.25) is 13.1 Å². The minimum absolute atomic E-state index is 0.0947. The third-order valence-electron chi connectivity index (χ3n) is 14.6. The number of imidazole rings is 4. The van der Waals surface area contributed by atoms with Crippen LogP contribution in [-0.2, 0) is 0 Å². The molecule has 0 unspecified atom stereocenters. The van der Waals surface area contributed by atoms with Crippen molar-refractivity contribution in [1.29, 1.82) is 0 Å². The Balaban J connectivity index is 1.05. The van der Waals surface area contributed by atoms with E-state index in [9.17, 15) is 0 Å². The molecule has 330 valence electrons. The molecule has 9 heteroatoms. The van der Waals surface area contributed by atoms with Gasteiger partial charge >= 0.3 is 0 Å². The summed E-state index contributed by atoms with van der Waals surface area (Å²) >= 11 is 1.91. The first-order valence-electron chi connectivity index (χ1n) is 26.3. The highest BCUT2D eigenvalue weighted by Gasteiger charge is 2.46. The maximum Gasteiger partial charge on any atom is 0.220 e. The predicted molar refractivity (Wildman–Crippen MR) is 293 cm³/mol. The average Bonchev–Trinajstić information content (AvgIpc) is 4.33. The molecule has 13 aromatic rings. The maximum atomic E-state index is 9.06. The SMILES string of the molecule is [2H]C([2H])([2H])c1cccc2c1nc1n(-c3cc(C([2H])([2H])[2H])c4nc5n(-c6cccc([Si](c7ccccc7)(c7ccccc7)c7cccc8c7Sc7ccccc7[Si]8(C)C)c6)c6ccccc6n5c4c3)c3ccccc3n21. The molecule has 0 bridgehead atoms. The minimum Gasteiger partial charge on any atom is -0.278 e. The lowest BCUT2D eigenvalue weighted by Gasteiger charge is -2.40. The second-order valence-electron chi connectivity index (χ2n) is 18.6. The van der Waals surface area contributed by atoms with Crippen molar-refractivity contribution in [3.8, 4) is 11.4 Å². The number of aryl methyl sites for hydroxylation is 2. The molecular formula is C60H46N6SSi2. The molecule has 0 radical (unpaired) electrons. The summed E-state index contributed by atoms with van der Waals surface area (Å²) in [6.07, 6.45) is 0. The van der Waals surface area contributed by atoms with Crippen LogP contribution in [-0.4, -0.2) is 44.1 Å². The van der Waals surface area contributed by atoms with Crippen LogP contribution in [0, 0.1) is 13.7 Å². The van der Waals surface area contributed by atoms with Gasteiger partial charge in [-0.2, -0.15) is 0 Å². The van der Waals surface area contributed by atoms with Gasteiger partial charge in [-0.1, -0.05) is 170 Å². The lowest BCUT2D eigenvalue weighted by Crippen LogP contribution is -2.76. The van der Waals surface area contributed by atoms with Crippen molar-refractivity contribution >= 4 is 115 Å². The summed E-state index contributed by atoms with van der Waals surface area (Å²) < 4.78 is 60.5. The van der Waals surface area contributed by atoms with E-state index in [1.165, 1.54) is 40.9 Å². The van der Waals surface area contributed by atoms with Crippen molar-refractivity contribution in [2.75, 3.05) is 0 Å². The van der Waals surface area contributed by atoms with Crippen LogP contribution < -0.4 is 31.1 Å². The molecule has 0 saturated heterocycles. The molecule has 14 rings (SSSR count). The molecule has 9 aromatic carbocycles. The Morgan fingerprint density at radius 3 is 1.68 bits per heavy atom. The van der Waals surface area contributed by atoms with Gasteiger partial charge in [-0.05, 0) is 117 Å². The Labute approximate surface area is 414 Å². The molecule has 0 atom stereocenters. The lowest BCUT2D eigenvalue weighted by atomic mass is 10.1. The molecule has 0 spiro atoms. The third kappa shape index (κ3) is 5.60. The van der Waals surface area contributed by atoms with Gasteiger partial charge in [0.15, 0.2) is 8.07 Å². The van der Waals surface area contributed by atoms with Gasteiger partial charge in [0.1, 0.15) is 8.07 Å². The van der Waals surface area contributed by atoms with Crippen LogP contribution >= 0.6 is 11.8 Å². The van der Waals surface area contributed by atoms with E-state index >= 15 is 0 Å². The van der Waals surface area contributed by atoms with Gasteiger partial charge in [-0.25, -0.2) is 9.97 Å². The van der Waals surface area contributed by atoms with Crippen molar-refractivity contribution in [3.05, 3.63) is 217 Å². The first-order valence-corrected chi connectivity index (χ1v) is 29.1.